The second-order valence-corrected chi connectivity index (χ2v) is 4.68. The highest BCUT2D eigenvalue weighted by Gasteiger charge is 2.31. The fourth-order valence-electron chi connectivity index (χ4n) is 1.50. The van der Waals surface area contributed by atoms with E-state index in [2.05, 4.69) is 10.3 Å². The second-order valence-electron chi connectivity index (χ2n) is 4.01. The first-order chi connectivity index (χ1) is 9.40. The SMILES string of the molecule is FC(F)(F)c1cnc(Nc2ccc(CCl)cc2)c(Cl)c1. The number of nitrogens with zero attached hydrogens (tertiary/aromatic N) is 1. The van der Waals surface area contributed by atoms with Gasteiger partial charge in [0, 0.05) is 17.8 Å². The van der Waals surface area contributed by atoms with Crippen molar-refractivity contribution in [3.8, 4) is 0 Å². The lowest BCUT2D eigenvalue weighted by Crippen LogP contribution is -2.06. The highest BCUT2D eigenvalue weighted by Crippen LogP contribution is 2.33. The van der Waals surface area contributed by atoms with Crippen molar-refractivity contribution in [3.63, 3.8) is 0 Å². The number of aromatic nitrogens is 1. The van der Waals surface area contributed by atoms with E-state index < -0.39 is 11.7 Å². The summed E-state index contributed by atoms with van der Waals surface area (Å²) in [6.07, 6.45) is -3.72. The Hall–Kier alpha value is -1.46. The summed E-state index contributed by atoms with van der Waals surface area (Å²) in [4.78, 5) is 3.69. The average molecular weight is 321 g/mol. The van der Waals surface area contributed by atoms with E-state index in [1.54, 1.807) is 24.3 Å². The molecule has 1 N–H and O–H groups in total. The van der Waals surface area contributed by atoms with Crippen LogP contribution in [0.15, 0.2) is 36.5 Å². The van der Waals surface area contributed by atoms with E-state index >= 15 is 0 Å². The van der Waals surface area contributed by atoms with Crippen LogP contribution < -0.4 is 5.32 Å². The van der Waals surface area contributed by atoms with Crippen molar-refractivity contribution in [2.24, 2.45) is 0 Å². The van der Waals surface area contributed by atoms with E-state index in [0.29, 0.717) is 11.6 Å². The molecule has 0 atom stereocenters. The summed E-state index contributed by atoms with van der Waals surface area (Å²) >= 11 is 11.5. The van der Waals surface area contributed by atoms with Crippen molar-refractivity contribution in [2.45, 2.75) is 12.1 Å². The maximum Gasteiger partial charge on any atom is 0.417 e. The van der Waals surface area contributed by atoms with Crippen molar-refractivity contribution in [2.75, 3.05) is 5.32 Å². The van der Waals surface area contributed by atoms with Crippen LogP contribution in [0.2, 0.25) is 5.02 Å². The summed E-state index contributed by atoms with van der Waals surface area (Å²) in [7, 11) is 0. The maximum absolute atomic E-state index is 12.5. The van der Waals surface area contributed by atoms with E-state index in [9.17, 15) is 13.2 Å². The molecule has 0 aliphatic carbocycles. The summed E-state index contributed by atoms with van der Waals surface area (Å²) < 4.78 is 37.4. The molecule has 7 heteroatoms. The third-order valence-corrected chi connectivity index (χ3v) is 3.14. The van der Waals surface area contributed by atoms with Gasteiger partial charge in [-0.1, -0.05) is 23.7 Å². The summed E-state index contributed by atoms with van der Waals surface area (Å²) in [5.74, 6) is 0.554. The van der Waals surface area contributed by atoms with E-state index in [0.717, 1.165) is 17.8 Å². The Bertz CT molecular complexity index is 598. The van der Waals surface area contributed by atoms with E-state index in [1.165, 1.54) is 0 Å². The highest BCUT2D eigenvalue weighted by atomic mass is 35.5. The standard InChI is InChI=1S/C13H9Cl2F3N2/c14-6-8-1-3-10(4-2-8)20-12-11(15)5-9(7-19-12)13(16,17)18/h1-5,7H,6H2,(H,19,20). The molecule has 0 fully saturated rings. The third-order valence-electron chi connectivity index (χ3n) is 2.54. The van der Waals surface area contributed by atoms with Gasteiger partial charge in [-0.2, -0.15) is 13.2 Å². The van der Waals surface area contributed by atoms with Gasteiger partial charge >= 0.3 is 6.18 Å². The highest BCUT2D eigenvalue weighted by molar-refractivity contribution is 6.33. The third kappa shape index (κ3) is 3.55. The minimum absolute atomic E-state index is 0.0961. The van der Waals surface area contributed by atoms with Gasteiger partial charge in [0.1, 0.15) is 5.82 Å². The fraction of sp³-hybridized carbons (Fsp3) is 0.154. The Morgan fingerprint density at radius 1 is 1.15 bits per heavy atom. The zero-order valence-corrected chi connectivity index (χ0v) is 11.5. The fourth-order valence-corrected chi connectivity index (χ4v) is 1.89. The molecular weight excluding hydrogens is 312 g/mol. The predicted octanol–water partition coefficient (Wildman–Crippen LogP) is 5.24. The molecule has 1 heterocycles. The minimum Gasteiger partial charge on any atom is -0.339 e. The lowest BCUT2D eigenvalue weighted by atomic mass is 10.2. The molecule has 0 saturated carbocycles. The van der Waals surface area contributed by atoms with Crippen LogP contribution in [-0.2, 0) is 12.1 Å². The van der Waals surface area contributed by atoms with Crippen LogP contribution in [0.4, 0.5) is 24.7 Å². The van der Waals surface area contributed by atoms with Gasteiger partial charge in [-0.25, -0.2) is 4.98 Å². The maximum atomic E-state index is 12.5. The molecule has 2 rings (SSSR count). The Kier molecular flexibility index (Phi) is 4.40. The number of hydrogen-bond acceptors (Lipinski definition) is 2. The van der Waals surface area contributed by atoms with Crippen LogP contribution in [0.1, 0.15) is 11.1 Å². The zero-order chi connectivity index (χ0) is 14.8. The number of rotatable bonds is 3. The van der Waals surface area contributed by atoms with Crippen molar-refractivity contribution in [3.05, 3.63) is 52.7 Å². The van der Waals surface area contributed by atoms with Crippen molar-refractivity contribution < 1.29 is 13.2 Å². The molecule has 0 bridgehead atoms. The first-order valence-electron chi connectivity index (χ1n) is 5.55. The van der Waals surface area contributed by atoms with E-state index in [-0.39, 0.29) is 10.8 Å². The molecule has 1 aromatic carbocycles. The van der Waals surface area contributed by atoms with Crippen LogP contribution in [0, 0.1) is 0 Å². The molecule has 0 amide bonds. The lowest BCUT2D eigenvalue weighted by molar-refractivity contribution is -0.137. The molecule has 0 aliphatic rings. The Morgan fingerprint density at radius 3 is 2.30 bits per heavy atom. The Morgan fingerprint density at radius 2 is 1.80 bits per heavy atom. The van der Waals surface area contributed by atoms with E-state index in [1.807, 2.05) is 0 Å². The Labute approximate surface area is 123 Å². The quantitative estimate of drug-likeness (QED) is 0.782. The van der Waals surface area contributed by atoms with Gasteiger partial charge in [0.2, 0.25) is 0 Å². The van der Waals surface area contributed by atoms with Gasteiger partial charge in [-0.3, -0.25) is 0 Å². The molecule has 106 valence electrons. The average Bonchev–Trinajstić information content (AvgIpc) is 2.41. The molecular formula is C13H9Cl2F3N2. The van der Waals surface area contributed by atoms with Gasteiger partial charge in [0.05, 0.1) is 10.6 Å². The molecule has 2 aromatic rings. The van der Waals surface area contributed by atoms with Crippen molar-refractivity contribution in [1.82, 2.24) is 4.98 Å². The molecule has 1 aromatic heterocycles. The normalized spacial score (nSPS) is 11.4. The second kappa shape index (κ2) is 5.89. The predicted molar refractivity (Wildman–Crippen MR) is 73.5 cm³/mol. The molecule has 20 heavy (non-hydrogen) atoms. The number of alkyl halides is 4. The van der Waals surface area contributed by atoms with Gasteiger partial charge in [0.25, 0.3) is 0 Å². The number of nitrogens with one attached hydrogen (secondary N) is 1. The number of anilines is 2. The molecule has 0 aliphatic heterocycles. The lowest BCUT2D eigenvalue weighted by Gasteiger charge is -2.11. The summed E-state index contributed by atoms with van der Waals surface area (Å²) in [6, 6.07) is 7.92. The number of halogens is 5. The molecule has 0 radical (unpaired) electrons. The molecule has 2 nitrogen and oxygen atoms in total. The summed E-state index contributed by atoms with van der Waals surface area (Å²) in [5, 5.41) is 2.75. The molecule has 0 spiro atoms. The largest absolute Gasteiger partial charge is 0.417 e. The monoisotopic (exact) mass is 320 g/mol. The Balaban J connectivity index is 2.21. The van der Waals surface area contributed by atoms with Crippen LogP contribution in [-0.4, -0.2) is 4.98 Å². The van der Waals surface area contributed by atoms with Gasteiger partial charge in [-0.15, -0.1) is 11.6 Å². The van der Waals surface area contributed by atoms with Gasteiger partial charge in [0.15, 0.2) is 0 Å². The topological polar surface area (TPSA) is 24.9 Å². The zero-order valence-electron chi connectivity index (χ0n) is 10.0. The summed E-state index contributed by atoms with van der Waals surface area (Å²) in [6.45, 7) is 0. The van der Waals surface area contributed by atoms with Gasteiger partial charge < -0.3 is 5.32 Å². The van der Waals surface area contributed by atoms with Gasteiger partial charge in [-0.05, 0) is 23.8 Å². The van der Waals surface area contributed by atoms with Crippen molar-refractivity contribution in [1.29, 1.82) is 0 Å². The summed E-state index contributed by atoms with van der Waals surface area (Å²) in [5.41, 5.74) is 0.710. The number of benzene rings is 1. The molecule has 0 unspecified atom stereocenters. The van der Waals surface area contributed by atoms with Crippen LogP contribution in [0.25, 0.3) is 0 Å². The first-order valence-corrected chi connectivity index (χ1v) is 6.46. The smallest absolute Gasteiger partial charge is 0.339 e. The number of hydrogen-bond donors (Lipinski definition) is 1. The minimum atomic E-state index is -4.46. The van der Waals surface area contributed by atoms with E-state index in [4.69, 9.17) is 23.2 Å². The first kappa shape index (κ1) is 14.9. The molecule has 0 saturated heterocycles. The van der Waals surface area contributed by atoms with Crippen LogP contribution >= 0.6 is 23.2 Å². The van der Waals surface area contributed by atoms with Crippen LogP contribution in [0.3, 0.4) is 0 Å². The van der Waals surface area contributed by atoms with Crippen molar-refractivity contribution >= 4 is 34.7 Å². The number of pyridine rings is 1. The van der Waals surface area contributed by atoms with Crippen LogP contribution in [0.5, 0.6) is 0 Å².